The molecule has 4 nitrogen and oxygen atoms in total. The molecule has 2 aromatic carbocycles. The zero-order valence-corrected chi connectivity index (χ0v) is 9.46. The number of carboxylic acid groups (broad SMARTS) is 1. The standard InChI is InChI=1S/C14H10O3.H2O/c15-9-12-4-1-2-7-13(12)10-5-3-6-11(8-10)14(16)17;/h1-9H,(H,16,17);1H2. The normalized spacial score (nSPS) is 9.33. The van der Waals surface area contributed by atoms with Gasteiger partial charge in [-0.2, -0.15) is 0 Å². The van der Waals surface area contributed by atoms with Crippen LogP contribution in [-0.2, 0) is 0 Å². The van der Waals surface area contributed by atoms with Crippen molar-refractivity contribution in [3.8, 4) is 11.1 Å². The van der Waals surface area contributed by atoms with Gasteiger partial charge in [-0.3, -0.25) is 4.79 Å². The van der Waals surface area contributed by atoms with Gasteiger partial charge >= 0.3 is 5.97 Å². The Morgan fingerprint density at radius 1 is 1.06 bits per heavy atom. The molecule has 0 aromatic heterocycles. The van der Waals surface area contributed by atoms with E-state index in [-0.39, 0.29) is 11.0 Å². The molecule has 0 radical (unpaired) electrons. The topological polar surface area (TPSA) is 85.9 Å². The van der Waals surface area contributed by atoms with Crippen LogP contribution in [0.1, 0.15) is 20.7 Å². The van der Waals surface area contributed by atoms with Gasteiger partial charge in [0.05, 0.1) is 5.56 Å². The molecule has 2 rings (SSSR count). The van der Waals surface area contributed by atoms with Gasteiger partial charge in [-0.15, -0.1) is 0 Å². The Labute approximate surface area is 104 Å². The van der Waals surface area contributed by atoms with E-state index in [0.29, 0.717) is 5.56 Å². The first-order valence-electron chi connectivity index (χ1n) is 5.10. The first-order valence-corrected chi connectivity index (χ1v) is 5.10. The predicted molar refractivity (Wildman–Crippen MR) is 67.8 cm³/mol. The fourth-order valence-electron chi connectivity index (χ4n) is 1.68. The molecular weight excluding hydrogens is 232 g/mol. The third-order valence-corrected chi connectivity index (χ3v) is 2.51. The molecule has 0 heterocycles. The molecule has 0 saturated heterocycles. The van der Waals surface area contributed by atoms with E-state index >= 15 is 0 Å². The maximum absolute atomic E-state index is 10.9. The fourth-order valence-corrected chi connectivity index (χ4v) is 1.68. The number of hydrogen-bond donors (Lipinski definition) is 1. The molecule has 92 valence electrons. The molecule has 0 spiro atoms. The fraction of sp³-hybridized carbons (Fsp3) is 0. The van der Waals surface area contributed by atoms with Gasteiger partial charge in [0, 0.05) is 5.56 Å². The number of carbonyl (C=O) groups is 2. The van der Waals surface area contributed by atoms with E-state index in [1.54, 1.807) is 36.4 Å². The van der Waals surface area contributed by atoms with Crippen molar-refractivity contribution >= 4 is 12.3 Å². The van der Waals surface area contributed by atoms with Gasteiger partial charge < -0.3 is 10.6 Å². The minimum Gasteiger partial charge on any atom is -0.478 e. The van der Waals surface area contributed by atoms with Crippen molar-refractivity contribution in [3.05, 3.63) is 59.7 Å². The van der Waals surface area contributed by atoms with E-state index in [0.717, 1.165) is 17.4 Å². The van der Waals surface area contributed by atoms with Gasteiger partial charge in [0.15, 0.2) is 6.29 Å². The number of aldehydes is 1. The van der Waals surface area contributed by atoms with E-state index in [9.17, 15) is 9.59 Å². The Morgan fingerprint density at radius 3 is 2.44 bits per heavy atom. The van der Waals surface area contributed by atoms with E-state index < -0.39 is 5.97 Å². The highest BCUT2D eigenvalue weighted by atomic mass is 16.4. The Bertz CT molecular complexity index is 576. The number of carbonyl (C=O) groups excluding carboxylic acids is 1. The molecule has 0 unspecified atom stereocenters. The molecule has 2 aromatic rings. The molecule has 0 aliphatic carbocycles. The monoisotopic (exact) mass is 244 g/mol. The van der Waals surface area contributed by atoms with E-state index in [2.05, 4.69) is 0 Å². The second-order valence-corrected chi connectivity index (χ2v) is 3.59. The average Bonchev–Trinajstić information content (AvgIpc) is 2.39. The van der Waals surface area contributed by atoms with Crippen LogP contribution in [0.4, 0.5) is 0 Å². The van der Waals surface area contributed by atoms with Crippen LogP contribution in [0.5, 0.6) is 0 Å². The minimum absolute atomic E-state index is 0. The van der Waals surface area contributed by atoms with Crippen LogP contribution in [0.2, 0.25) is 0 Å². The lowest BCUT2D eigenvalue weighted by atomic mass is 9.99. The Morgan fingerprint density at radius 2 is 1.78 bits per heavy atom. The summed E-state index contributed by atoms with van der Waals surface area (Å²) in [7, 11) is 0. The largest absolute Gasteiger partial charge is 0.478 e. The molecule has 0 aliphatic rings. The number of hydrogen-bond acceptors (Lipinski definition) is 2. The lowest BCUT2D eigenvalue weighted by Gasteiger charge is -2.05. The van der Waals surface area contributed by atoms with Gasteiger partial charge in [0.1, 0.15) is 0 Å². The molecule has 18 heavy (non-hydrogen) atoms. The van der Waals surface area contributed by atoms with E-state index in [1.165, 1.54) is 6.07 Å². The lowest BCUT2D eigenvalue weighted by Crippen LogP contribution is -1.96. The van der Waals surface area contributed by atoms with Gasteiger partial charge in [-0.25, -0.2) is 4.79 Å². The summed E-state index contributed by atoms with van der Waals surface area (Å²) in [4.78, 5) is 21.8. The minimum atomic E-state index is -0.976. The predicted octanol–water partition coefficient (Wildman–Crippen LogP) is 2.04. The summed E-state index contributed by atoms with van der Waals surface area (Å²) in [5.41, 5.74) is 2.23. The van der Waals surface area contributed by atoms with Crippen LogP contribution in [0, 0.1) is 0 Å². The van der Waals surface area contributed by atoms with Crippen molar-refractivity contribution in [2.75, 3.05) is 0 Å². The first kappa shape index (κ1) is 13.6. The molecular formula is C14H12O4. The van der Waals surface area contributed by atoms with Crippen molar-refractivity contribution in [1.29, 1.82) is 0 Å². The van der Waals surface area contributed by atoms with Crippen molar-refractivity contribution in [1.82, 2.24) is 0 Å². The maximum Gasteiger partial charge on any atom is 0.335 e. The summed E-state index contributed by atoms with van der Waals surface area (Å²) in [5, 5.41) is 8.91. The summed E-state index contributed by atoms with van der Waals surface area (Å²) in [6.07, 6.45) is 0.767. The second kappa shape index (κ2) is 5.75. The highest BCUT2D eigenvalue weighted by molar-refractivity contribution is 5.92. The zero-order chi connectivity index (χ0) is 12.3. The number of rotatable bonds is 3. The SMILES string of the molecule is O.O=Cc1ccccc1-c1cccc(C(=O)O)c1. The summed E-state index contributed by atoms with van der Waals surface area (Å²) in [6, 6.07) is 13.6. The lowest BCUT2D eigenvalue weighted by molar-refractivity contribution is 0.0697. The highest BCUT2D eigenvalue weighted by Crippen LogP contribution is 2.23. The van der Waals surface area contributed by atoms with Gasteiger partial charge in [0.2, 0.25) is 0 Å². The molecule has 4 heteroatoms. The van der Waals surface area contributed by atoms with Crippen LogP contribution < -0.4 is 0 Å². The third-order valence-electron chi connectivity index (χ3n) is 2.51. The highest BCUT2D eigenvalue weighted by Gasteiger charge is 2.07. The Hall–Kier alpha value is -2.46. The van der Waals surface area contributed by atoms with Crippen LogP contribution >= 0.6 is 0 Å². The molecule has 0 bridgehead atoms. The van der Waals surface area contributed by atoms with Gasteiger partial charge in [0.25, 0.3) is 0 Å². The summed E-state index contributed by atoms with van der Waals surface area (Å²) in [6.45, 7) is 0. The van der Waals surface area contributed by atoms with Crippen LogP contribution in [0.25, 0.3) is 11.1 Å². The first-order chi connectivity index (χ1) is 8.22. The number of carboxylic acids is 1. The molecule has 3 N–H and O–H groups in total. The second-order valence-electron chi connectivity index (χ2n) is 3.59. The van der Waals surface area contributed by atoms with Crippen LogP contribution in [0.15, 0.2) is 48.5 Å². The summed E-state index contributed by atoms with van der Waals surface area (Å²) in [5.74, 6) is -0.976. The van der Waals surface area contributed by atoms with Crippen molar-refractivity contribution in [2.24, 2.45) is 0 Å². The average molecular weight is 244 g/mol. The molecule has 0 fully saturated rings. The number of benzene rings is 2. The summed E-state index contributed by atoms with van der Waals surface area (Å²) >= 11 is 0. The quantitative estimate of drug-likeness (QED) is 0.838. The van der Waals surface area contributed by atoms with Crippen molar-refractivity contribution < 1.29 is 20.2 Å². The van der Waals surface area contributed by atoms with Crippen molar-refractivity contribution in [2.45, 2.75) is 0 Å². The Balaban J connectivity index is 0.00000162. The molecule has 0 saturated carbocycles. The van der Waals surface area contributed by atoms with Crippen LogP contribution in [-0.4, -0.2) is 22.8 Å². The Kier molecular flexibility index (Phi) is 4.34. The van der Waals surface area contributed by atoms with E-state index in [4.69, 9.17) is 5.11 Å². The van der Waals surface area contributed by atoms with Gasteiger partial charge in [-0.05, 0) is 23.3 Å². The number of aromatic carboxylic acids is 1. The third kappa shape index (κ3) is 2.61. The summed E-state index contributed by atoms with van der Waals surface area (Å²) < 4.78 is 0. The van der Waals surface area contributed by atoms with Gasteiger partial charge in [-0.1, -0.05) is 36.4 Å². The smallest absolute Gasteiger partial charge is 0.335 e. The van der Waals surface area contributed by atoms with Crippen LogP contribution in [0.3, 0.4) is 0 Å². The van der Waals surface area contributed by atoms with E-state index in [1.807, 2.05) is 6.07 Å². The van der Waals surface area contributed by atoms with Crippen molar-refractivity contribution in [3.63, 3.8) is 0 Å². The molecule has 0 aliphatic heterocycles. The molecule has 0 amide bonds. The molecule has 0 atom stereocenters. The zero-order valence-electron chi connectivity index (χ0n) is 9.46. The maximum atomic E-state index is 10.9.